The zero-order valence-electron chi connectivity index (χ0n) is 10.1. The Labute approximate surface area is 104 Å². The molecule has 1 amide bonds. The Bertz CT molecular complexity index is 576. The Hall–Kier alpha value is -2.50. The number of aromatic hydroxyl groups is 1. The van der Waals surface area contributed by atoms with Gasteiger partial charge < -0.3 is 9.84 Å². The highest BCUT2D eigenvalue weighted by Crippen LogP contribution is 2.31. The van der Waals surface area contributed by atoms with Crippen molar-refractivity contribution in [2.45, 2.75) is 0 Å². The van der Waals surface area contributed by atoms with Crippen LogP contribution in [0.3, 0.4) is 0 Å². The van der Waals surface area contributed by atoms with E-state index in [2.05, 4.69) is 5.32 Å². The summed E-state index contributed by atoms with van der Waals surface area (Å²) in [5.41, 5.74) is 6.43. The van der Waals surface area contributed by atoms with Gasteiger partial charge in [-0.1, -0.05) is 12.1 Å². The molecule has 0 unspecified atom stereocenters. The van der Waals surface area contributed by atoms with E-state index in [4.69, 9.17) is 10.5 Å². The average Bonchev–Trinajstić information content (AvgIpc) is 2.58. The van der Waals surface area contributed by atoms with Crippen LogP contribution in [0.25, 0.3) is 6.08 Å². The highest BCUT2D eigenvalue weighted by atomic mass is 16.5. The average molecular weight is 248 g/mol. The van der Waals surface area contributed by atoms with Gasteiger partial charge in [0.1, 0.15) is 0 Å². The van der Waals surface area contributed by atoms with Crippen LogP contribution in [0.1, 0.15) is 5.56 Å². The smallest absolute Gasteiger partial charge is 0.356 e. The molecule has 6 nitrogen and oxygen atoms in total. The standard InChI is InChI=1S/C12H13N3O3/c1-15-8(11(17)14-12(15)13)6-7-4-3-5-9(18-2)10(7)16/h3-6H,1-2H3,(H3,13,14,16,17)/p+1. The maximum absolute atomic E-state index is 11.6. The molecule has 0 aliphatic carbocycles. The van der Waals surface area contributed by atoms with Crippen molar-refractivity contribution in [2.75, 3.05) is 14.2 Å². The van der Waals surface area contributed by atoms with Gasteiger partial charge in [-0.05, 0) is 12.1 Å². The minimum atomic E-state index is -0.308. The lowest BCUT2D eigenvalue weighted by Gasteiger charge is -2.05. The van der Waals surface area contributed by atoms with Gasteiger partial charge in [-0.25, -0.2) is 14.7 Å². The second-order valence-electron chi connectivity index (χ2n) is 3.83. The van der Waals surface area contributed by atoms with Crippen LogP contribution in [0.4, 0.5) is 0 Å². The first-order valence-corrected chi connectivity index (χ1v) is 5.29. The number of methoxy groups -OCH3 is 1. The van der Waals surface area contributed by atoms with Gasteiger partial charge in [-0.2, -0.15) is 0 Å². The molecule has 1 aromatic rings. The van der Waals surface area contributed by atoms with E-state index in [1.165, 1.54) is 11.7 Å². The van der Waals surface area contributed by atoms with Crippen LogP contribution in [0, 0.1) is 0 Å². The normalized spacial score (nSPS) is 17.2. The third kappa shape index (κ3) is 1.88. The molecule has 0 saturated carbocycles. The zero-order chi connectivity index (χ0) is 13.3. The first kappa shape index (κ1) is 12.0. The first-order chi connectivity index (χ1) is 8.54. The Morgan fingerprint density at radius 1 is 1.50 bits per heavy atom. The fourth-order valence-corrected chi connectivity index (χ4v) is 1.68. The van der Waals surface area contributed by atoms with E-state index >= 15 is 0 Å². The van der Waals surface area contributed by atoms with E-state index in [9.17, 15) is 9.90 Å². The van der Waals surface area contributed by atoms with E-state index in [-0.39, 0.29) is 17.6 Å². The second kappa shape index (κ2) is 4.40. The monoisotopic (exact) mass is 248 g/mol. The topological polar surface area (TPSA) is 87.6 Å². The summed E-state index contributed by atoms with van der Waals surface area (Å²) < 4.78 is 6.52. The Morgan fingerprint density at radius 2 is 2.22 bits per heavy atom. The molecule has 0 fully saturated rings. The van der Waals surface area contributed by atoms with Gasteiger partial charge in [0.25, 0.3) is 0 Å². The number of hydrogen-bond donors (Lipinski definition) is 3. The molecule has 6 heteroatoms. The van der Waals surface area contributed by atoms with Crippen molar-refractivity contribution in [2.24, 2.45) is 5.73 Å². The number of carbonyl (C=O) groups excluding carboxylic acids is 1. The van der Waals surface area contributed by atoms with Crippen LogP contribution in [0.5, 0.6) is 11.5 Å². The number of likely N-dealkylation sites (N-methyl/N-ethyl adjacent to an activating group) is 1. The van der Waals surface area contributed by atoms with E-state index in [1.54, 1.807) is 31.3 Å². The van der Waals surface area contributed by atoms with Crippen LogP contribution in [0.15, 0.2) is 23.9 Å². The summed E-state index contributed by atoms with van der Waals surface area (Å²) in [6, 6.07) is 5.04. The molecule has 2 rings (SSSR count). The fraction of sp³-hybridized carbons (Fsp3) is 0.167. The van der Waals surface area contributed by atoms with Crippen LogP contribution in [0.2, 0.25) is 0 Å². The molecule has 1 aromatic carbocycles. The number of hydrogen-bond acceptors (Lipinski definition) is 4. The van der Waals surface area contributed by atoms with Crippen LogP contribution in [-0.4, -0.2) is 35.7 Å². The van der Waals surface area contributed by atoms with Gasteiger partial charge in [-0.3, -0.25) is 5.73 Å². The number of nitrogens with zero attached hydrogens (tertiary/aromatic N) is 1. The summed E-state index contributed by atoms with van der Waals surface area (Å²) in [5.74, 6) is 0.285. The molecular formula is C12H14N3O3+. The molecule has 4 N–H and O–H groups in total. The SMILES string of the molecule is COc1cccc(/C=C2/C(=O)NC(N)=[N+]2C)c1O. The number of guanidine groups is 1. The number of para-hydroxylation sites is 1. The van der Waals surface area contributed by atoms with Crippen molar-refractivity contribution < 1.29 is 19.2 Å². The van der Waals surface area contributed by atoms with Crippen molar-refractivity contribution in [3.05, 3.63) is 29.5 Å². The Kier molecular flexibility index (Phi) is 2.93. The van der Waals surface area contributed by atoms with E-state index < -0.39 is 0 Å². The summed E-state index contributed by atoms with van der Waals surface area (Å²) in [5, 5.41) is 12.4. The number of carbonyl (C=O) groups is 1. The van der Waals surface area contributed by atoms with E-state index in [0.29, 0.717) is 17.0 Å². The van der Waals surface area contributed by atoms with Crippen molar-refractivity contribution in [1.82, 2.24) is 5.32 Å². The number of benzene rings is 1. The highest BCUT2D eigenvalue weighted by Gasteiger charge is 2.29. The fourth-order valence-electron chi connectivity index (χ4n) is 1.68. The maximum atomic E-state index is 11.6. The highest BCUT2D eigenvalue weighted by molar-refractivity contribution is 6.08. The largest absolute Gasteiger partial charge is 0.504 e. The molecule has 0 aromatic heterocycles. The third-order valence-electron chi connectivity index (χ3n) is 2.74. The van der Waals surface area contributed by atoms with Gasteiger partial charge >= 0.3 is 11.9 Å². The summed E-state index contributed by atoms with van der Waals surface area (Å²) in [4.78, 5) is 11.6. The van der Waals surface area contributed by atoms with E-state index in [0.717, 1.165) is 0 Å². The third-order valence-corrected chi connectivity index (χ3v) is 2.74. The van der Waals surface area contributed by atoms with Crippen LogP contribution < -0.4 is 15.8 Å². The van der Waals surface area contributed by atoms with Gasteiger partial charge in [0.2, 0.25) is 0 Å². The summed E-state index contributed by atoms with van der Waals surface area (Å²) in [6.07, 6.45) is 1.55. The molecular weight excluding hydrogens is 234 g/mol. The number of nitrogens with one attached hydrogen (secondary N) is 1. The molecule has 0 spiro atoms. The lowest BCUT2D eigenvalue weighted by Crippen LogP contribution is -2.32. The first-order valence-electron chi connectivity index (χ1n) is 5.29. The van der Waals surface area contributed by atoms with Gasteiger partial charge in [0, 0.05) is 5.56 Å². The minimum absolute atomic E-state index is 0.0147. The second-order valence-corrected chi connectivity index (χ2v) is 3.83. The van der Waals surface area contributed by atoms with Crippen molar-refractivity contribution in [3.63, 3.8) is 0 Å². The molecule has 18 heavy (non-hydrogen) atoms. The summed E-state index contributed by atoms with van der Waals surface area (Å²) in [7, 11) is 3.13. The van der Waals surface area contributed by atoms with Gasteiger partial charge in [0.15, 0.2) is 17.2 Å². The van der Waals surface area contributed by atoms with Crippen LogP contribution in [-0.2, 0) is 4.79 Å². The molecule has 94 valence electrons. The van der Waals surface area contributed by atoms with Crippen molar-refractivity contribution >= 4 is 17.9 Å². The summed E-state index contributed by atoms with van der Waals surface area (Å²) >= 11 is 0. The number of ether oxygens (including phenoxy) is 1. The Balaban J connectivity index is 2.49. The lowest BCUT2D eigenvalue weighted by molar-refractivity contribution is -0.432. The number of phenolic OH excluding ortho intramolecular Hbond substituents is 1. The van der Waals surface area contributed by atoms with Crippen molar-refractivity contribution in [1.29, 1.82) is 0 Å². The Morgan fingerprint density at radius 3 is 2.78 bits per heavy atom. The van der Waals surface area contributed by atoms with Crippen LogP contribution >= 0.6 is 0 Å². The molecule has 0 radical (unpaired) electrons. The summed E-state index contributed by atoms with van der Waals surface area (Å²) in [6.45, 7) is 0. The zero-order valence-corrected chi connectivity index (χ0v) is 10.1. The number of rotatable bonds is 2. The van der Waals surface area contributed by atoms with Crippen molar-refractivity contribution in [3.8, 4) is 11.5 Å². The maximum Gasteiger partial charge on any atom is 0.356 e. The molecule has 1 aliphatic heterocycles. The molecule has 1 heterocycles. The van der Waals surface area contributed by atoms with Gasteiger partial charge in [-0.15, -0.1) is 0 Å². The minimum Gasteiger partial charge on any atom is -0.504 e. The number of nitrogens with two attached hydrogens (primary N) is 1. The molecule has 0 saturated heterocycles. The van der Waals surface area contributed by atoms with Gasteiger partial charge in [0.05, 0.1) is 14.2 Å². The number of amides is 1. The predicted octanol–water partition coefficient (Wildman–Crippen LogP) is -0.172. The number of phenols is 1. The molecule has 0 atom stereocenters. The lowest BCUT2D eigenvalue weighted by atomic mass is 10.1. The predicted molar refractivity (Wildman–Crippen MR) is 66.2 cm³/mol. The molecule has 1 aliphatic rings. The quantitative estimate of drug-likeness (QED) is 0.501. The van der Waals surface area contributed by atoms with E-state index in [1.807, 2.05) is 0 Å². The molecule has 0 bridgehead atoms.